The zero-order valence-corrected chi connectivity index (χ0v) is 17.4. The number of hydrogen-bond donors (Lipinski definition) is 0. The van der Waals surface area contributed by atoms with Crippen LogP contribution in [0.2, 0.25) is 0 Å². The smallest absolute Gasteiger partial charge is 0.420 e. The lowest BCUT2D eigenvalue weighted by Crippen LogP contribution is -2.57. The summed E-state index contributed by atoms with van der Waals surface area (Å²) in [6, 6.07) is 0. The highest BCUT2D eigenvalue weighted by atomic mass is 32.2. The number of carbonyl (C=O) groups excluding carboxylic acids is 3. The van der Waals surface area contributed by atoms with Crippen LogP contribution in [0.5, 0.6) is 0 Å². The van der Waals surface area contributed by atoms with E-state index in [2.05, 4.69) is 0 Å². The molecule has 26 heavy (non-hydrogen) atoms. The topological polar surface area (TPSA) is 82.1 Å². The first-order chi connectivity index (χ1) is 11.6. The van der Waals surface area contributed by atoms with Gasteiger partial charge in [0.2, 0.25) is 0 Å². The van der Waals surface area contributed by atoms with Gasteiger partial charge in [-0.05, 0) is 47.8 Å². The first-order valence-corrected chi connectivity index (χ1v) is 9.55. The number of ether oxygens (including phenoxy) is 3. The van der Waals surface area contributed by atoms with Gasteiger partial charge in [-0.3, -0.25) is 0 Å². The summed E-state index contributed by atoms with van der Waals surface area (Å²) in [6.45, 7) is 9.59. The third-order valence-electron chi connectivity index (χ3n) is 3.58. The number of amides is 2. The van der Waals surface area contributed by atoms with Crippen molar-refractivity contribution in [2.75, 3.05) is 19.1 Å². The molecule has 1 saturated carbocycles. The van der Waals surface area contributed by atoms with Crippen molar-refractivity contribution >= 4 is 29.9 Å². The largest absolute Gasteiger partial charge is 0.467 e. The van der Waals surface area contributed by atoms with Gasteiger partial charge in [0.1, 0.15) is 11.2 Å². The Kier molecular flexibility index (Phi) is 6.28. The molecule has 0 saturated heterocycles. The first-order valence-electron chi connectivity index (χ1n) is 8.16. The van der Waals surface area contributed by atoms with Gasteiger partial charge in [0, 0.05) is 12.2 Å². The number of imide groups is 1. The molecule has 0 spiro atoms. The number of hydrogen-bond acceptors (Lipinski definition) is 7. The van der Waals surface area contributed by atoms with E-state index in [0.717, 1.165) is 18.9 Å². The van der Waals surface area contributed by atoms with Crippen molar-refractivity contribution in [3.63, 3.8) is 0 Å². The fourth-order valence-corrected chi connectivity index (χ4v) is 3.35. The number of esters is 1. The zero-order valence-electron chi connectivity index (χ0n) is 16.6. The molecule has 1 aliphatic rings. The molecule has 0 aromatic heterocycles. The maximum Gasteiger partial charge on any atom is 0.420 e. The van der Waals surface area contributed by atoms with Crippen LogP contribution in [0, 0.1) is 0 Å². The molecule has 0 unspecified atom stereocenters. The molecule has 0 aliphatic heterocycles. The van der Waals surface area contributed by atoms with Crippen molar-refractivity contribution < 1.29 is 33.0 Å². The fraction of sp³-hybridized carbons (Fsp3) is 0.824. The van der Waals surface area contributed by atoms with Crippen LogP contribution < -0.4 is 0 Å². The Morgan fingerprint density at radius 3 is 1.77 bits per heavy atom. The van der Waals surface area contributed by atoms with Crippen LogP contribution in [0.15, 0.2) is 0 Å². The molecule has 0 radical (unpaired) electrons. The van der Waals surface area contributed by atoms with Crippen molar-refractivity contribution in [3.8, 4) is 0 Å². The number of thioether (sulfide) groups is 1. The predicted octanol–water partition coefficient (Wildman–Crippen LogP) is 3.55. The molecular formula is C17H28FNO6S. The summed E-state index contributed by atoms with van der Waals surface area (Å²) in [7, 11) is 1.07. The van der Waals surface area contributed by atoms with E-state index in [4.69, 9.17) is 14.2 Å². The number of halogens is 1. The number of methoxy groups -OCH3 is 1. The average Bonchev–Trinajstić information content (AvgIpc) is 3.00. The van der Waals surface area contributed by atoms with E-state index in [9.17, 15) is 14.4 Å². The lowest BCUT2D eigenvalue weighted by molar-refractivity contribution is -0.150. The summed E-state index contributed by atoms with van der Waals surface area (Å²) < 4.78 is 30.5. The fourth-order valence-electron chi connectivity index (χ4n) is 2.56. The Morgan fingerprint density at radius 1 is 1.04 bits per heavy atom. The van der Waals surface area contributed by atoms with Crippen LogP contribution in [-0.4, -0.2) is 64.6 Å². The number of rotatable bonds is 4. The quantitative estimate of drug-likeness (QED) is 0.534. The van der Waals surface area contributed by atoms with Gasteiger partial charge in [-0.15, -0.1) is 0 Å². The third-order valence-corrected chi connectivity index (χ3v) is 4.33. The summed E-state index contributed by atoms with van der Waals surface area (Å²) in [5.41, 5.74) is -6.13. The second-order valence-corrected chi connectivity index (χ2v) is 9.09. The molecule has 0 N–H and O–H groups in total. The van der Waals surface area contributed by atoms with Crippen molar-refractivity contribution in [2.24, 2.45) is 0 Å². The summed E-state index contributed by atoms with van der Waals surface area (Å²) in [5, 5.41) is 0. The van der Waals surface area contributed by atoms with E-state index in [1.165, 1.54) is 0 Å². The first kappa shape index (κ1) is 22.5. The molecule has 1 fully saturated rings. The van der Waals surface area contributed by atoms with Crippen LogP contribution in [0.4, 0.5) is 14.0 Å². The van der Waals surface area contributed by atoms with Crippen molar-refractivity contribution in [1.29, 1.82) is 0 Å². The van der Waals surface area contributed by atoms with Gasteiger partial charge in [-0.25, -0.2) is 18.8 Å². The van der Waals surface area contributed by atoms with Gasteiger partial charge in [-0.2, -0.15) is 16.7 Å². The average molecular weight is 393 g/mol. The molecule has 0 aromatic carbocycles. The molecule has 1 aliphatic carbocycles. The Bertz CT molecular complexity index is 557. The molecule has 2 atom stereocenters. The van der Waals surface area contributed by atoms with E-state index < -0.39 is 40.6 Å². The minimum atomic E-state index is -2.12. The molecule has 0 heterocycles. The lowest BCUT2D eigenvalue weighted by atomic mass is 10.1. The highest BCUT2D eigenvalue weighted by molar-refractivity contribution is 7.98. The van der Waals surface area contributed by atoms with Crippen LogP contribution >= 0.6 is 11.8 Å². The van der Waals surface area contributed by atoms with E-state index in [-0.39, 0.29) is 12.2 Å². The predicted molar refractivity (Wildman–Crippen MR) is 95.9 cm³/mol. The summed E-state index contributed by atoms with van der Waals surface area (Å²) in [6.07, 6.45) is -1.02. The summed E-state index contributed by atoms with van der Waals surface area (Å²) in [4.78, 5) is 38.3. The number of nitrogens with zero attached hydrogens (tertiary/aromatic N) is 1. The van der Waals surface area contributed by atoms with Gasteiger partial charge >= 0.3 is 18.2 Å². The van der Waals surface area contributed by atoms with Gasteiger partial charge in [-0.1, -0.05) is 0 Å². The Morgan fingerprint density at radius 2 is 1.46 bits per heavy atom. The Balaban J connectivity index is 3.39. The lowest BCUT2D eigenvalue weighted by Gasteiger charge is -2.33. The highest BCUT2D eigenvalue weighted by Gasteiger charge is 2.81. The highest BCUT2D eigenvalue weighted by Crippen LogP contribution is 2.58. The maximum atomic E-state index is 15.3. The molecule has 0 aromatic rings. The second-order valence-electron chi connectivity index (χ2n) is 8.22. The van der Waals surface area contributed by atoms with Crippen molar-refractivity contribution in [2.45, 2.75) is 70.4 Å². The van der Waals surface area contributed by atoms with Gasteiger partial charge in [0.25, 0.3) is 0 Å². The second kappa shape index (κ2) is 7.25. The molecule has 0 bridgehead atoms. The molecule has 150 valence electrons. The van der Waals surface area contributed by atoms with Crippen LogP contribution in [-0.2, 0) is 19.0 Å². The van der Waals surface area contributed by atoms with Crippen molar-refractivity contribution in [3.05, 3.63) is 0 Å². The van der Waals surface area contributed by atoms with Crippen LogP contribution in [0.3, 0.4) is 0 Å². The van der Waals surface area contributed by atoms with E-state index >= 15 is 4.39 Å². The molecular weight excluding hydrogens is 365 g/mol. The van der Waals surface area contributed by atoms with Crippen LogP contribution in [0.1, 0.15) is 48.0 Å². The summed E-state index contributed by atoms with van der Waals surface area (Å²) in [5.74, 6) is -1.12. The molecule has 2 amide bonds. The van der Waals surface area contributed by atoms with Gasteiger partial charge in [0.05, 0.1) is 7.11 Å². The van der Waals surface area contributed by atoms with E-state index in [1.54, 1.807) is 47.8 Å². The summed E-state index contributed by atoms with van der Waals surface area (Å²) >= 11 is 1.15. The normalized spacial score (nSPS) is 25.3. The van der Waals surface area contributed by atoms with Gasteiger partial charge in [0.15, 0.2) is 11.2 Å². The van der Waals surface area contributed by atoms with Crippen LogP contribution in [0.25, 0.3) is 0 Å². The van der Waals surface area contributed by atoms with E-state index in [1.807, 2.05) is 0 Å². The van der Waals surface area contributed by atoms with Crippen molar-refractivity contribution in [1.82, 2.24) is 4.90 Å². The minimum absolute atomic E-state index is 0.0931. The Hall–Kier alpha value is -1.51. The number of alkyl halides is 1. The standard InChI is InChI=1S/C17H28FNO6S/c1-14(2,3)24-12(21)19(13(22)25-15(4,5)6)17(11(20)23-7)9-16(17,18)10-26-8/h9-10H2,1-8H3/t16-,17+/m1/s1. The zero-order chi connectivity index (χ0) is 20.6. The minimum Gasteiger partial charge on any atom is -0.467 e. The third kappa shape index (κ3) is 4.61. The Labute approximate surface area is 157 Å². The number of carbonyl (C=O) groups is 3. The molecule has 9 heteroatoms. The monoisotopic (exact) mass is 393 g/mol. The maximum absolute atomic E-state index is 15.3. The molecule has 1 rings (SSSR count). The molecule has 7 nitrogen and oxygen atoms in total. The van der Waals surface area contributed by atoms with E-state index in [0.29, 0.717) is 4.90 Å². The SMILES string of the molecule is COC(=O)[C@@]1(N(C(=O)OC(C)(C)C)C(=O)OC(C)(C)C)C[C@@]1(F)CSC. The van der Waals surface area contributed by atoms with Gasteiger partial charge < -0.3 is 14.2 Å².